The molecule has 7 heterocycles. The zero-order chi connectivity index (χ0) is 60.3. The Morgan fingerprint density at radius 1 is 0.753 bits per heavy atom. The number of carbonyl (C=O) groups excluding carboxylic acids is 6. The lowest BCUT2D eigenvalue weighted by Crippen LogP contribution is -2.39. The minimum absolute atomic E-state index is 0.00544. The fourth-order valence-electron chi connectivity index (χ4n) is 9.01. The van der Waals surface area contributed by atoms with Crippen LogP contribution in [0.1, 0.15) is 133 Å². The van der Waals surface area contributed by atoms with Crippen LogP contribution in [0.5, 0.6) is 0 Å². The number of anilines is 1. The third-order valence-corrected chi connectivity index (χ3v) is 19.4. The number of methoxy groups -OCH3 is 1. The molecule has 1 aliphatic carbocycles. The van der Waals surface area contributed by atoms with Crippen LogP contribution in [0.25, 0.3) is 43.4 Å². The summed E-state index contributed by atoms with van der Waals surface area (Å²) in [6, 6.07) is 12.2. The van der Waals surface area contributed by atoms with Gasteiger partial charge >= 0.3 is 5.97 Å². The average molecular weight is 1260 g/mol. The molecule has 1 aliphatic rings. The number of nitrogens with one attached hydrogen (secondary N) is 4. The van der Waals surface area contributed by atoms with Gasteiger partial charge in [0.15, 0.2) is 0 Å². The summed E-state index contributed by atoms with van der Waals surface area (Å²) < 4.78 is 5.32. The van der Waals surface area contributed by atoms with Gasteiger partial charge in [-0.15, -0.1) is 68.0 Å². The number of thiazole rings is 6. The highest BCUT2D eigenvalue weighted by Crippen LogP contribution is 2.40. The minimum Gasteiger partial charge on any atom is -0.481 e. The van der Waals surface area contributed by atoms with Crippen LogP contribution in [-0.2, 0) is 43.4 Å². The Morgan fingerprint density at radius 3 is 2.21 bits per heavy atom. The normalized spacial score (nSPS) is 13.0. The number of aliphatic carboxylic acids is 1. The second-order valence-corrected chi connectivity index (χ2v) is 26.1. The highest BCUT2D eigenvalue weighted by atomic mass is 32.1. The van der Waals surface area contributed by atoms with Gasteiger partial charge in [-0.1, -0.05) is 50.6 Å². The first-order valence-electron chi connectivity index (χ1n) is 27.2. The van der Waals surface area contributed by atoms with Gasteiger partial charge in [-0.05, 0) is 62.6 Å². The summed E-state index contributed by atoms with van der Waals surface area (Å²) in [4.78, 5) is 128. The van der Waals surface area contributed by atoms with Crippen LogP contribution in [0.2, 0.25) is 0 Å². The van der Waals surface area contributed by atoms with Crippen molar-refractivity contribution in [2.75, 3.05) is 32.1 Å². The molecule has 1 aromatic carbocycles. The Hall–Kier alpha value is -7.60. The van der Waals surface area contributed by atoms with Gasteiger partial charge in [-0.3, -0.25) is 38.5 Å². The first kappa shape index (κ1) is 61.9. The van der Waals surface area contributed by atoms with Crippen LogP contribution in [0.4, 0.5) is 5.82 Å². The predicted molar refractivity (Wildman–Crippen MR) is 329 cm³/mol. The van der Waals surface area contributed by atoms with Gasteiger partial charge in [0.25, 0.3) is 17.7 Å². The third kappa shape index (κ3) is 15.5. The van der Waals surface area contributed by atoms with Crippen molar-refractivity contribution in [3.8, 4) is 43.4 Å². The van der Waals surface area contributed by atoms with Crippen LogP contribution in [-0.4, -0.2) is 109 Å². The lowest BCUT2D eigenvalue weighted by molar-refractivity contribution is -0.137. The standard InChI is InChI=1S/C57H61N13O9S6/c1-29(2)45(56-69-48(39(85-56)24-79-5)50(76)60-23-40(58)71)67-51(77)46-30(3)84-55(68-46)35(22-42(72)59-4)63-49(75)37-26-81-52(65-37)33-18-19-34(53-66-41(28-83-53)70(21-10-9-16-44(73)74)57(78)32-14-11-15-32)62-47(33)36-25-82-54(64-36)38-27-80-43(61-38)20-17-31-12-7-6-8-13-31/h6-8,12-13,18-19,25-29,32,35,45H,9-11,14-17,20-24H2,1-5H3,(H2,58,71)(H,59,72)(H,60,76)(H,63,75)(H,67,77)(H,73,74)/t35-,45?/m0/s1. The third-order valence-electron chi connectivity index (χ3n) is 13.7. The van der Waals surface area contributed by atoms with Gasteiger partial charge in [-0.2, -0.15) is 0 Å². The molecule has 9 rings (SSSR count). The summed E-state index contributed by atoms with van der Waals surface area (Å²) in [7, 11) is 2.95. The maximum absolute atomic E-state index is 14.4. The summed E-state index contributed by atoms with van der Waals surface area (Å²) in [5.74, 6) is -3.63. The van der Waals surface area contributed by atoms with Crippen molar-refractivity contribution in [2.45, 2.75) is 97.2 Å². The Morgan fingerprint density at radius 2 is 1.49 bits per heavy atom. The molecule has 1 fully saturated rings. The van der Waals surface area contributed by atoms with Crippen molar-refractivity contribution in [2.24, 2.45) is 17.6 Å². The quantitative estimate of drug-likeness (QED) is 0.0249. The molecular weight excluding hydrogens is 1200 g/mol. The monoisotopic (exact) mass is 1260 g/mol. The number of aryl methyl sites for hydroxylation is 3. The number of hydrogen-bond acceptors (Lipinski definition) is 21. The molecule has 8 aromatic rings. The highest BCUT2D eigenvalue weighted by Gasteiger charge is 2.33. The number of ether oxygens (including phenoxy) is 1. The molecule has 6 amide bonds. The van der Waals surface area contributed by atoms with Crippen molar-refractivity contribution < 1.29 is 43.4 Å². The molecule has 0 aliphatic heterocycles. The molecule has 2 atom stereocenters. The van der Waals surface area contributed by atoms with Crippen molar-refractivity contribution >= 4 is 115 Å². The zero-order valence-corrected chi connectivity index (χ0v) is 51.9. The van der Waals surface area contributed by atoms with E-state index < -0.39 is 47.6 Å². The number of carbonyl (C=O) groups is 7. The first-order chi connectivity index (χ1) is 41.0. The summed E-state index contributed by atoms with van der Waals surface area (Å²) in [5.41, 5.74) is 9.46. The number of nitrogens with zero attached hydrogens (tertiary/aromatic N) is 8. The second-order valence-electron chi connectivity index (χ2n) is 20.2. The van der Waals surface area contributed by atoms with E-state index in [4.69, 9.17) is 40.4 Å². The Kier molecular flexibility index (Phi) is 20.8. The molecule has 1 unspecified atom stereocenters. The highest BCUT2D eigenvalue weighted by molar-refractivity contribution is 7.15. The van der Waals surface area contributed by atoms with E-state index in [1.54, 1.807) is 28.5 Å². The molecular formula is C57H61N13O9S6. The maximum Gasteiger partial charge on any atom is 0.303 e. The van der Waals surface area contributed by atoms with E-state index in [0.717, 1.165) is 54.1 Å². The lowest BCUT2D eigenvalue weighted by Gasteiger charge is -2.30. The number of pyridine rings is 1. The first-order valence-corrected chi connectivity index (χ1v) is 32.4. The SMILES string of the molecule is CNC(=O)C[C@H](NC(=O)c1csc(-c2ccc(-c3nc(N(CCCCC(=O)O)C(=O)C4CCC4)cs3)nc2-c2csc(-c3csc(CCc4ccccc4)n3)n2)n1)c1nc(C(=O)NC(c2nc(C(=O)NCC(N)=O)c(COC)s2)C(C)C)c(C)s1. The molecule has 444 valence electrons. The number of amides is 6. The molecule has 7 aromatic heterocycles. The van der Waals surface area contributed by atoms with Crippen molar-refractivity contribution in [3.05, 3.63) is 111 Å². The van der Waals surface area contributed by atoms with E-state index in [2.05, 4.69) is 38.4 Å². The Labute approximate surface area is 513 Å². The van der Waals surface area contributed by atoms with Crippen molar-refractivity contribution in [1.82, 2.24) is 56.2 Å². The topological polar surface area (TPSA) is 317 Å². The lowest BCUT2D eigenvalue weighted by atomic mass is 9.84. The van der Waals surface area contributed by atoms with Crippen LogP contribution in [0.3, 0.4) is 0 Å². The number of primary amides is 1. The molecule has 1 saturated carbocycles. The predicted octanol–water partition coefficient (Wildman–Crippen LogP) is 9.07. The summed E-state index contributed by atoms with van der Waals surface area (Å²) in [6.07, 6.45) is 4.91. The van der Waals surface area contributed by atoms with Gasteiger partial charge in [0.05, 0.1) is 47.2 Å². The number of carboxylic acids is 1. The van der Waals surface area contributed by atoms with Gasteiger partial charge in [0.2, 0.25) is 17.7 Å². The molecule has 85 heavy (non-hydrogen) atoms. The van der Waals surface area contributed by atoms with Crippen molar-refractivity contribution in [1.29, 1.82) is 0 Å². The van der Waals surface area contributed by atoms with Crippen LogP contribution in [0, 0.1) is 18.8 Å². The van der Waals surface area contributed by atoms with Crippen LogP contribution in [0.15, 0.2) is 64.0 Å². The van der Waals surface area contributed by atoms with E-state index in [0.29, 0.717) is 82.6 Å². The number of aromatic nitrogens is 7. The number of nitrogens with two attached hydrogens (primary N) is 1. The molecule has 0 saturated heterocycles. The summed E-state index contributed by atoms with van der Waals surface area (Å²) in [6.45, 7) is 5.48. The number of hydrogen-bond donors (Lipinski definition) is 6. The summed E-state index contributed by atoms with van der Waals surface area (Å²) in [5, 5.41) is 31.0. The molecule has 7 N–H and O–H groups in total. The van der Waals surface area contributed by atoms with E-state index in [1.807, 2.05) is 60.3 Å². The van der Waals surface area contributed by atoms with Crippen LogP contribution < -0.4 is 31.9 Å². The number of benzene rings is 1. The van der Waals surface area contributed by atoms with Gasteiger partial charge in [0.1, 0.15) is 65.0 Å². The Bertz CT molecular complexity index is 3710. The molecule has 22 nitrogen and oxygen atoms in total. The van der Waals surface area contributed by atoms with E-state index >= 15 is 0 Å². The number of unbranched alkanes of at least 4 members (excludes halogenated alkanes) is 1. The fourth-order valence-corrected chi connectivity index (χ4v) is 14.5. The van der Waals surface area contributed by atoms with Gasteiger partial charge in [-0.25, -0.2) is 34.9 Å². The summed E-state index contributed by atoms with van der Waals surface area (Å²) >= 11 is 7.88. The van der Waals surface area contributed by atoms with Crippen molar-refractivity contribution in [3.63, 3.8) is 0 Å². The number of rotatable bonds is 28. The minimum atomic E-state index is -0.983. The molecule has 28 heteroatoms. The second kappa shape index (κ2) is 28.5. The van der Waals surface area contributed by atoms with E-state index in [9.17, 15) is 38.7 Å². The average Bonchev–Trinajstić information content (AvgIpc) is 2.23. The molecule has 0 spiro atoms. The fraction of sp³-hybridized carbons (Fsp3) is 0.368. The van der Waals surface area contributed by atoms with Crippen LogP contribution >= 0.6 is 68.0 Å². The van der Waals surface area contributed by atoms with Gasteiger partial charge < -0.3 is 36.8 Å². The van der Waals surface area contributed by atoms with E-state index in [1.165, 1.54) is 65.1 Å². The maximum atomic E-state index is 14.4. The number of carboxylic acid groups (broad SMARTS) is 1. The van der Waals surface area contributed by atoms with E-state index in [-0.39, 0.29) is 60.8 Å². The smallest absolute Gasteiger partial charge is 0.303 e. The Balaban J connectivity index is 0.981. The zero-order valence-electron chi connectivity index (χ0n) is 47.0. The molecule has 0 radical (unpaired) electrons. The van der Waals surface area contributed by atoms with Gasteiger partial charge in [0, 0.05) is 71.4 Å². The largest absolute Gasteiger partial charge is 0.481 e. The molecule has 0 bridgehead atoms.